The average molecular weight is 292 g/mol. The first-order valence-corrected chi connectivity index (χ1v) is 5.64. The van der Waals surface area contributed by atoms with E-state index in [1.165, 1.54) is 12.1 Å². The number of hydrogen-bond acceptors (Lipinski definition) is 3. The summed E-state index contributed by atoms with van der Waals surface area (Å²) in [6.45, 7) is 0.170. The Kier molecular flexibility index (Phi) is 5.04. The van der Waals surface area contributed by atoms with Gasteiger partial charge >= 0.3 is 6.09 Å². The molecule has 0 saturated heterocycles. The molecule has 0 fully saturated rings. The fourth-order valence-corrected chi connectivity index (χ4v) is 1.41. The second kappa shape index (κ2) is 6.32. The summed E-state index contributed by atoms with van der Waals surface area (Å²) in [5.41, 5.74) is 5.53. The van der Waals surface area contributed by atoms with Gasteiger partial charge in [0.2, 0.25) is 0 Å². The molecule has 6 heteroatoms. The summed E-state index contributed by atoms with van der Waals surface area (Å²) in [5, 5.41) is 0.541. The van der Waals surface area contributed by atoms with Crippen molar-refractivity contribution < 1.29 is 18.7 Å². The SMILES string of the molecule is NC(=O)OCCOc1cc(F)cc(CBr)c1. The quantitative estimate of drug-likeness (QED) is 0.668. The number of nitrogens with two attached hydrogens (primary N) is 1. The molecule has 4 nitrogen and oxygen atoms in total. The zero-order chi connectivity index (χ0) is 12.0. The standard InChI is InChI=1S/C10H11BrFNO3/c11-6-7-3-8(12)5-9(4-7)15-1-2-16-10(13)14/h3-5H,1-2,6H2,(H2,13,14). The van der Waals surface area contributed by atoms with Crippen LogP contribution in [-0.2, 0) is 10.1 Å². The summed E-state index contributed by atoms with van der Waals surface area (Å²) in [5.74, 6) is 0.0188. The van der Waals surface area contributed by atoms with E-state index in [9.17, 15) is 9.18 Å². The lowest BCUT2D eigenvalue weighted by Gasteiger charge is -2.07. The molecule has 0 aliphatic rings. The van der Waals surface area contributed by atoms with Crippen LogP contribution in [-0.4, -0.2) is 19.3 Å². The number of primary amides is 1. The third-order valence-corrected chi connectivity index (χ3v) is 2.33. The molecule has 1 aromatic rings. The van der Waals surface area contributed by atoms with Crippen LogP contribution in [0, 0.1) is 5.82 Å². The van der Waals surface area contributed by atoms with E-state index in [2.05, 4.69) is 20.7 Å². The summed E-state index contributed by atoms with van der Waals surface area (Å²) in [7, 11) is 0. The summed E-state index contributed by atoms with van der Waals surface area (Å²) in [6.07, 6.45) is -0.857. The van der Waals surface area contributed by atoms with Gasteiger partial charge in [-0.1, -0.05) is 15.9 Å². The predicted molar refractivity (Wildman–Crippen MR) is 60.1 cm³/mol. The fraction of sp³-hybridized carbons (Fsp3) is 0.300. The summed E-state index contributed by atoms with van der Waals surface area (Å²) >= 11 is 3.22. The number of carbonyl (C=O) groups is 1. The van der Waals surface area contributed by atoms with E-state index in [0.29, 0.717) is 11.1 Å². The number of halogens is 2. The second-order valence-corrected chi connectivity index (χ2v) is 3.51. The number of alkyl halides is 1. The molecule has 0 heterocycles. The molecule has 0 bridgehead atoms. The third-order valence-electron chi connectivity index (χ3n) is 1.68. The van der Waals surface area contributed by atoms with Crippen molar-refractivity contribution in [2.24, 2.45) is 5.73 Å². The molecule has 0 spiro atoms. The van der Waals surface area contributed by atoms with Crippen LogP contribution in [0.15, 0.2) is 18.2 Å². The van der Waals surface area contributed by atoms with E-state index in [1.54, 1.807) is 6.07 Å². The normalized spacial score (nSPS) is 9.88. The Labute approximate surface area is 101 Å². The van der Waals surface area contributed by atoms with Gasteiger partial charge in [0.25, 0.3) is 0 Å². The first-order chi connectivity index (χ1) is 7.61. The van der Waals surface area contributed by atoms with Crippen LogP contribution in [0.5, 0.6) is 5.75 Å². The van der Waals surface area contributed by atoms with Crippen LogP contribution in [0.25, 0.3) is 0 Å². The van der Waals surface area contributed by atoms with Gasteiger partial charge in [-0.15, -0.1) is 0 Å². The second-order valence-electron chi connectivity index (χ2n) is 2.94. The van der Waals surface area contributed by atoms with Crippen molar-refractivity contribution in [1.29, 1.82) is 0 Å². The lowest BCUT2D eigenvalue weighted by atomic mass is 10.2. The Bertz CT molecular complexity index is 373. The predicted octanol–water partition coefficient (Wildman–Crippen LogP) is 2.19. The Morgan fingerprint density at radius 3 is 2.75 bits per heavy atom. The van der Waals surface area contributed by atoms with E-state index in [4.69, 9.17) is 10.5 Å². The van der Waals surface area contributed by atoms with E-state index >= 15 is 0 Å². The molecule has 0 aromatic heterocycles. The maximum atomic E-state index is 13.0. The lowest BCUT2D eigenvalue weighted by Crippen LogP contribution is -2.17. The van der Waals surface area contributed by atoms with Crippen molar-refractivity contribution in [2.45, 2.75) is 5.33 Å². The third kappa shape index (κ3) is 4.48. The molecule has 1 aromatic carbocycles. The highest BCUT2D eigenvalue weighted by Crippen LogP contribution is 2.18. The van der Waals surface area contributed by atoms with Crippen LogP contribution >= 0.6 is 15.9 Å². The molecule has 0 saturated carbocycles. The molecule has 1 rings (SSSR count). The maximum absolute atomic E-state index is 13.0. The number of amides is 1. The highest BCUT2D eigenvalue weighted by atomic mass is 79.9. The van der Waals surface area contributed by atoms with Crippen LogP contribution in [0.4, 0.5) is 9.18 Å². The zero-order valence-electron chi connectivity index (χ0n) is 8.41. The molecule has 2 N–H and O–H groups in total. The molecule has 16 heavy (non-hydrogen) atoms. The highest BCUT2D eigenvalue weighted by Gasteiger charge is 2.01. The van der Waals surface area contributed by atoms with Crippen LogP contribution < -0.4 is 10.5 Å². The Morgan fingerprint density at radius 1 is 1.38 bits per heavy atom. The van der Waals surface area contributed by atoms with E-state index in [1.807, 2.05) is 0 Å². The van der Waals surface area contributed by atoms with Crippen molar-refractivity contribution in [3.8, 4) is 5.75 Å². The first-order valence-electron chi connectivity index (χ1n) is 4.52. The van der Waals surface area contributed by atoms with E-state index < -0.39 is 6.09 Å². The number of benzene rings is 1. The van der Waals surface area contributed by atoms with Gasteiger partial charge in [0.15, 0.2) is 0 Å². The monoisotopic (exact) mass is 291 g/mol. The molecular formula is C10H11BrFNO3. The van der Waals surface area contributed by atoms with E-state index in [0.717, 1.165) is 5.56 Å². The van der Waals surface area contributed by atoms with Crippen molar-refractivity contribution in [2.75, 3.05) is 13.2 Å². The number of hydrogen-bond donors (Lipinski definition) is 1. The molecule has 88 valence electrons. The largest absolute Gasteiger partial charge is 0.490 e. The average Bonchev–Trinajstić information content (AvgIpc) is 2.23. The Morgan fingerprint density at radius 2 is 2.12 bits per heavy atom. The van der Waals surface area contributed by atoms with Crippen LogP contribution in [0.3, 0.4) is 0 Å². The molecular weight excluding hydrogens is 281 g/mol. The van der Waals surface area contributed by atoms with Gasteiger partial charge in [-0.3, -0.25) is 0 Å². The number of ether oxygens (including phenoxy) is 2. The van der Waals surface area contributed by atoms with Crippen molar-refractivity contribution in [3.63, 3.8) is 0 Å². The van der Waals surface area contributed by atoms with E-state index in [-0.39, 0.29) is 19.0 Å². The zero-order valence-corrected chi connectivity index (χ0v) is 10.00. The summed E-state index contributed by atoms with van der Waals surface area (Å²) < 4.78 is 22.7. The van der Waals surface area contributed by atoms with Crippen LogP contribution in [0.2, 0.25) is 0 Å². The van der Waals surface area contributed by atoms with Crippen LogP contribution in [0.1, 0.15) is 5.56 Å². The van der Waals surface area contributed by atoms with Gasteiger partial charge in [-0.2, -0.15) is 0 Å². The summed E-state index contributed by atoms with van der Waals surface area (Å²) in [4.78, 5) is 10.2. The molecule has 0 unspecified atom stereocenters. The molecule has 1 amide bonds. The van der Waals surface area contributed by atoms with Gasteiger partial charge in [-0.05, 0) is 17.7 Å². The Balaban J connectivity index is 2.47. The molecule has 0 aliphatic heterocycles. The number of rotatable bonds is 5. The van der Waals surface area contributed by atoms with Gasteiger partial charge < -0.3 is 15.2 Å². The number of carbonyl (C=O) groups excluding carboxylic acids is 1. The molecule has 0 radical (unpaired) electrons. The Hall–Kier alpha value is -1.30. The lowest BCUT2D eigenvalue weighted by molar-refractivity contribution is 0.133. The van der Waals surface area contributed by atoms with Crippen molar-refractivity contribution in [1.82, 2.24) is 0 Å². The first kappa shape index (κ1) is 12.8. The van der Waals surface area contributed by atoms with Crippen molar-refractivity contribution in [3.05, 3.63) is 29.6 Å². The van der Waals surface area contributed by atoms with Crippen molar-refractivity contribution >= 4 is 22.0 Å². The highest BCUT2D eigenvalue weighted by molar-refractivity contribution is 9.08. The minimum absolute atomic E-state index is 0.0372. The van der Waals surface area contributed by atoms with Gasteiger partial charge in [0.1, 0.15) is 24.8 Å². The van der Waals surface area contributed by atoms with Gasteiger partial charge in [-0.25, -0.2) is 9.18 Å². The topological polar surface area (TPSA) is 61.6 Å². The summed E-state index contributed by atoms with van der Waals surface area (Å²) in [6, 6.07) is 4.36. The maximum Gasteiger partial charge on any atom is 0.404 e. The minimum Gasteiger partial charge on any atom is -0.490 e. The minimum atomic E-state index is -0.857. The fourth-order valence-electron chi connectivity index (χ4n) is 1.08. The molecule has 0 aliphatic carbocycles. The van der Waals surface area contributed by atoms with Gasteiger partial charge in [0.05, 0.1) is 0 Å². The molecule has 0 atom stereocenters. The smallest absolute Gasteiger partial charge is 0.404 e. The van der Waals surface area contributed by atoms with Gasteiger partial charge in [0, 0.05) is 11.4 Å².